The van der Waals surface area contributed by atoms with E-state index in [-0.39, 0.29) is 23.9 Å². The van der Waals surface area contributed by atoms with Crippen LogP contribution in [0.1, 0.15) is 36.6 Å². The van der Waals surface area contributed by atoms with Crippen LogP contribution in [-0.4, -0.2) is 38.8 Å². The predicted molar refractivity (Wildman–Crippen MR) is 89.3 cm³/mol. The molecule has 6 heteroatoms. The first kappa shape index (κ1) is 16.4. The first-order chi connectivity index (χ1) is 11.6. The second-order valence-corrected chi connectivity index (χ2v) is 6.14. The fourth-order valence-corrected chi connectivity index (χ4v) is 3.19. The molecule has 1 aromatic carbocycles. The molecule has 2 N–H and O–H groups in total. The number of nitrogens with one attached hydrogen (secondary N) is 1. The third-order valence-electron chi connectivity index (χ3n) is 4.34. The van der Waals surface area contributed by atoms with Crippen LogP contribution in [0.2, 0.25) is 0 Å². The van der Waals surface area contributed by atoms with Crippen molar-refractivity contribution >= 4 is 5.91 Å². The number of benzene rings is 1. The Morgan fingerprint density at radius 3 is 2.79 bits per heavy atom. The van der Waals surface area contributed by atoms with E-state index in [0.29, 0.717) is 18.7 Å². The van der Waals surface area contributed by atoms with Gasteiger partial charge in [-0.2, -0.15) is 5.10 Å². The van der Waals surface area contributed by atoms with Crippen molar-refractivity contribution < 1.29 is 9.90 Å². The maximum Gasteiger partial charge on any atom is 0.264 e. The second kappa shape index (κ2) is 7.40. The Balaban J connectivity index is 1.63. The number of carbonyl (C=O) groups excluding carboxylic acids is 1. The molecule has 0 spiro atoms. The van der Waals surface area contributed by atoms with Crippen LogP contribution in [0.3, 0.4) is 0 Å². The van der Waals surface area contributed by atoms with Gasteiger partial charge in [-0.3, -0.25) is 9.59 Å². The first-order valence-electron chi connectivity index (χ1n) is 8.20. The molecule has 1 amide bonds. The molecule has 126 valence electrons. The summed E-state index contributed by atoms with van der Waals surface area (Å²) in [7, 11) is 0. The Hall–Kier alpha value is -2.47. The highest BCUT2D eigenvalue weighted by Gasteiger charge is 2.31. The van der Waals surface area contributed by atoms with E-state index in [2.05, 4.69) is 10.2 Å². The number of H-pyrrole nitrogens is 1. The number of rotatable bonds is 5. The average Bonchev–Trinajstić information content (AvgIpc) is 3.06. The molecule has 6 nitrogen and oxygen atoms in total. The van der Waals surface area contributed by atoms with E-state index in [1.165, 1.54) is 6.07 Å². The molecule has 0 aliphatic carbocycles. The van der Waals surface area contributed by atoms with E-state index in [1.807, 2.05) is 30.3 Å². The Kier molecular flexibility index (Phi) is 5.05. The van der Waals surface area contributed by atoms with Crippen LogP contribution in [0.5, 0.6) is 0 Å². The van der Waals surface area contributed by atoms with E-state index >= 15 is 0 Å². The summed E-state index contributed by atoms with van der Waals surface area (Å²) < 4.78 is 0. The largest absolute Gasteiger partial charge is 0.392 e. The van der Waals surface area contributed by atoms with Crippen molar-refractivity contribution in [3.8, 4) is 0 Å². The van der Waals surface area contributed by atoms with Gasteiger partial charge in [-0.05, 0) is 30.9 Å². The molecule has 0 bridgehead atoms. The van der Waals surface area contributed by atoms with E-state index in [0.717, 1.165) is 18.4 Å². The molecule has 1 aromatic heterocycles. The summed E-state index contributed by atoms with van der Waals surface area (Å²) in [6.45, 7) is 0.655. The number of nitrogens with zero attached hydrogens (tertiary/aromatic N) is 2. The van der Waals surface area contributed by atoms with Crippen LogP contribution in [-0.2, 0) is 11.2 Å². The van der Waals surface area contributed by atoms with Crippen molar-refractivity contribution in [3.63, 3.8) is 0 Å². The van der Waals surface area contributed by atoms with Gasteiger partial charge in [-0.1, -0.05) is 30.3 Å². The van der Waals surface area contributed by atoms with Gasteiger partial charge in [0.15, 0.2) is 0 Å². The smallest absolute Gasteiger partial charge is 0.264 e. The van der Waals surface area contributed by atoms with Crippen LogP contribution in [0, 0.1) is 0 Å². The third-order valence-corrected chi connectivity index (χ3v) is 4.34. The molecule has 1 aliphatic heterocycles. The fourth-order valence-electron chi connectivity index (χ4n) is 3.19. The van der Waals surface area contributed by atoms with Gasteiger partial charge in [0.1, 0.15) is 0 Å². The summed E-state index contributed by atoms with van der Waals surface area (Å²) in [4.78, 5) is 25.5. The summed E-state index contributed by atoms with van der Waals surface area (Å²) in [5.74, 6) is -0.0751. The highest BCUT2D eigenvalue weighted by Crippen LogP contribution is 2.30. The molecule has 1 fully saturated rings. The maximum absolute atomic E-state index is 12.6. The minimum absolute atomic E-state index is 0.0751. The topological polar surface area (TPSA) is 86.3 Å². The molecule has 24 heavy (non-hydrogen) atoms. The van der Waals surface area contributed by atoms with Gasteiger partial charge in [0.2, 0.25) is 5.91 Å². The standard InChI is InChI=1S/C18H21N3O3/c22-14(11-13-5-2-1-3-6-13)12-18(24)21-10-4-7-16(21)15-8-9-17(23)20-19-15/h1-3,5-6,8-9,14,16,22H,4,7,10-12H2,(H,20,23). The Morgan fingerprint density at radius 2 is 2.08 bits per heavy atom. The lowest BCUT2D eigenvalue weighted by molar-refractivity contribution is -0.134. The number of aliphatic hydroxyl groups excluding tert-OH is 1. The zero-order chi connectivity index (χ0) is 16.9. The van der Waals surface area contributed by atoms with Gasteiger partial charge in [0, 0.05) is 12.6 Å². The molecular formula is C18H21N3O3. The van der Waals surface area contributed by atoms with Crippen molar-refractivity contribution in [1.29, 1.82) is 0 Å². The summed E-state index contributed by atoms with van der Waals surface area (Å²) in [6, 6.07) is 12.6. The lowest BCUT2D eigenvalue weighted by Crippen LogP contribution is -2.34. The van der Waals surface area contributed by atoms with E-state index in [4.69, 9.17) is 0 Å². The minimum Gasteiger partial charge on any atom is -0.392 e. The zero-order valence-corrected chi connectivity index (χ0v) is 13.4. The van der Waals surface area contributed by atoms with Crippen LogP contribution in [0.4, 0.5) is 0 Å². The van der Waals surface area contributed by atoms with Gasteiger partial charge in [0.05, 0.1) is 24.3 Å². The Morgan fingerprint density at radius 1 is 1.29 bits per heavy atom. The SMILES string of the molecule is O=C(CC(O)Cc1ccccc1)N1CCCC1c1ccc(=O)[nH]n1. The first-order valence-corrected chi connectivity index (χ1v) is 8.20. The number of amides is 1. The van der Waals surface area contributed by atoms with Crippen molar-refractivity contribution in [2.45, 2.75) is 37.8 Å². The molecule has 3 rings (SSSR count). The predicted octanol–water partition coefficient (Wildman–Crippen LogP) is 1.43. The average molecular weight is 327 g/mol. The molecule has 0 radical (unpaired) electrons. The van der Waals surface area contributed by atoms with Gasteiger partial charge in [0.25, 0.3) is 5.56 Å². The van der Waals surface area contributed by atoms with Crippen molar-refractivity contribution in [2.75, 3.05) is 6.54 Å². The number of hydrogen-bond donors (Lipinski definition) is 2. The summed E-state index contributed by atoms with van der Waals surface area (Å²) in [6.07, 6.45) is 1.56. The number of hydrogen-bond acceptors (Lipinski definition) is 4. The van der Waals surface area contributed by atoms with Crippen LogP contribution < -0.4 is 5.56 Å². The Labute approximate surface area is 140 Å². The van der Waals surface area contributed by atoms with Gasteiger partial charge < -0.3 is 10.0 Å². The number of aliphatic hydroxyl groups is 1. The highest BCUT2D eigenvalue weighted by molar-refractivity contribution is 5.77. The quantitative estimate of drug-likeness (QED) is 0.870. The zero-order valence-electron chi connectivity index (χ0n) is 13.4. The number of aromatic nitrogens is 2. The third kappa shape index (κ3) is 3.89. The molecule has 2 unspecified atom stereocenters. The fraction of sp³-hybridized carbons (Fsp3) is 0.389. The van der Waals surface area contributed by atoms with E-state index in [9.17, 15) is 14.7 Å². The molecule has 2 heterocycles. The van der Waals surface area contributed by atoms with Crippen LogP contribution in [0.15, 0.2) is 47.3 Å². The lowest BCUT2D eigenvalue weighted by atomic mass is 10.0. The maximum atomic E-state index is 12.6. The molecule has 1 saturated heterocycles. The van der Waals surface area contributed by atoms with Crippen LogP contribution >= 0.6 is 0 Å². The van der Waals surface area contributed by atoms with Gasteiger partial charge in [-0.15, -0.1) is 0 Å². The lowest BCUT2D eigenvalue weighted by Gasteiger charge is -2.25. The monoisotopic (exact) mass is 327 g/mol. The molecule has 2 aromatic rings. The summed E-state index contributed by atoms with van der Waals surface area (Å²) in [5, 5.41) is 16.7. The van der Waals surface area contributed by atoms with Gasteiger partial charge in [-0.25, -0.2) is 5.10 Å². The van der Waals surface area contributed by atoms with E-state index in [1.54, 1.807) is 11.0 Å². The molecule has 2 atom stereocenters. The van der Waals surface area contributed by atoms with Gasteiger partial charge >= 0.3 is 0 Å². The van der Waals surface area contributed by atoms with Crippen molar-refractivity contribution in [3.05, 3.63) is 64.1 Å². The normalized spacial score (nSPS) is 18.5. The number of carbonyl (C=O) groups is 1. The highest BCUT2D eigenvalue weighted by atomic mass is 16.3. The number of aromatic amines is 1. The molecule has 1 aliphatic rings. The van der Waals surface area contributed by atoms with Crippen molar-refractivity contribution in [2.24, 2.45) is 0 Å². The Bertz CT molecular complexity index is 724. The summed E-state index contributed by atoms with van der Waals surface area (Å²) in [5.41, 5.74) is 1.45. The molecular weight excluding hydrogens is 306 g/mol. The second-order valence-electron chi connectivity index (χ2n) is 6.14. The minimum atomic E-state index is -0.704. The summed E-state index contributed by atoms with van der Waals surface area (Å²) >= 11 is 0. The number of likely N-dealkylation sites (tertiary alicyclic amines) is 1. The molecule has 0 saturated carbocycles. The van der Waals surface area contributed by atoms with Crippen LogP contribution in [0.25, 0.3) is 0 Å². The van der Waals surface area contributed by atoms with E-state index < -0.39 is 6.10 Å². The van der Waals surface area contributed by atoms with Crippen molar-refractivity contribution in [1.82, 2.24) is 15.1 Å².